The van der Waals surface area contributed by atoms with Crippen molar-refractivity contribution in [2.75, 3.05) is 19.3 Å². The molecule has 0 aromatic rings. The summed E-state index contributed by atoms with van der Waals surface area (Å²) in [5, 5.41) is 4.32. The molecule has 2 heteroatoms. The number of hydrogen-bond acceptors (Lipinski definition) is 2. The Hall–Kier alpha value is 0.310. The molecule has 0 spiro atoms. The smallest absolute Gasteiger partial charge is 0.00280 e. The SMILES string of the molecule is CCCC(C)CNCCC(C)SC. The van der Waals surface area contributed by atoms with Gasteiger partial charge in [0.15, 0.2) is 0 Å². The fourth-order valence-electron chi connectivity index (χ4n) is 1.37. The van der Waals surface area contributed by atoms with Gasteiger partial charge in [-0.05, 0) is 38.1 Å². The van der Waals surface area contributed by atoms with Crippen molar-refractivity contribution in [2.45, 2.75) is 45.3 Å². The lowest BCUT2D eigenvalue weighted by molar-refractivity contribution is 0.473. The van der Waals surface area contributed by atoms with Crippen LogP contribution in [0.25, 0.3) is 0 Å². The van der Waals surface area contributed by atoms with Crippen LogP contribution in [0, 0.1) is 5.92 Å². The number of rotatable bonds is 8. The van der Waals surface area contributed by atoms with E-state index < -0.39 is 0 Å². The van der Waals surface area contributed by atoms with Gasteiger partial charge >= 0.3 is 0 Å². The fourth-order valence-corrected chi connectivity index (χ4v) is 1.72. The van der Waals surface area contributed by atoms with Crippen LogP contribution in [-0.4, -0.2) is 24.6 Å². The summed E-state index contributed by atoms with van der Waals surface area (Å²) in [4.78, 5) is 0. The van der Waals surface area contributed by atoms with Gasteiger partial charge in [-0.1, -0.05) is 27.2 Å². The molecule has 0 aromatic carbocycles. The summed E-state index contributed by atoms with van der Waals surface area (Å²) >= 11 is 1.95. The van der Waals surface area contributed by atoms with Gasteiger partial charge in [0.05, 0.1) is 0 Å². The number of hydrogen-bond donors (Lipinski definition) is 1. The second-order valence-electron chi connectivity index (χ2n) is 3.93. The minimum absolute atomic E-state index is 0.800. The Bertz CT molecular complexity index is 106. The third-order valence-corrected chi connectivity index (χ3v) is 3.44. The second kappa shape index (κ2) is 8.89. The van der Waals surface area contributed by atoms with Crippen LogP contribution in [0.2, 0.25) is 0 Å². The van der Waals surface area contributed by atoms with E-state index >= 15 is 0 Å². The van der Waals surface area contributed by atoms with Gasteiger partial charge < -0.3 is 5.32 Å². The van der Waals surface area contributed by atoms with Gasteiger partial charge in [0.2, 0.25) is 0 Å². The normalized spacial score (nSPS) is 15.7. The third kappa shape index (κ3) is 8.63. The summed E-state index contributed by atoms with van der Waals surface area (Å²) < 4.78 is 0. The molecule has 0 aromatic heterocycles. The highest BCUT2D eigenvalue weighted by molar-refractivity contribution is 7.99. The molecule has 0 fully saturated rings. The topological polar surface area (TPSA) is 12.0 Å². The lowest BCUT2D eigenvalue weighted by Gasteiger charge is -2.12. The van der Waals surface area contributed by atoms with Crippen LogP contribution in [0.3, 0.4) is 0 Å². The highest BCUT2D eigenvalue weighted by Gasteiger charge is 2.01. The van der Waals surface area contributed by atoms with Gasteiger partial charge in [-0.15, -0.1) is 0 Å². The van der Waals surface area contributed by atoms with Crippen molar-refractivity contribution >= 4 is 11.8 Å². The van der Waals surface area contributed by atoms with Crippen LogP contribution in [0.5, 0.6) is 0 Å². The van der Waals surface area contributed by atoms with E-state index in [2.05, 4.69) is 32.3 Å². The van der Waals surface area contributed by atoms with Gasteiger partial charge in [-0.3, -0.25) is 0 Å². The first-order chi connectivity index (χ1) is 6.20. The summed E-state index contributed by atoms with van der Waals surface area (Å²) in [6.07, 6.45) is 6.14. The standard InChI is InChI=1S/C11H25NS/c1-5-6-10(2)9-12-8-7-11(3)13-4/h10-12H,5-9H2,1-4H3. The molecular weight excluding hydrogens is 178 g/mol. The Balaban J connectivity index is 3.15. The predicted octanol–water partition coefficient (Wildman–Crippen LogP) is 3.15. The molecule has 0 heterocycles. The van der Waals surface area contributed by atoms with Crippen molar-refractivity contribution in [3.05, 3.63) is 0 Å². The van der Waals surface area contributed by atoms with Gasteiger partial charge in [0.25, 0.3) is 0 Å². The first-order valence-electron chi connectivity index (χ1n) is 5.44. The molecule has 0 aliphatic heterocycles. The van der Waals surface area contributed by atoms with Crippen LogP contribution >= 0.6 is 11.8 Å². The Morgan fingerprint density at radius 3 is 2.46 bits per heavy atom. The summed E-state index contributed by atoms with van der Waals surface area (Å²) in [5.74, 6) is 0.842. The molecule has 0 radical (unpaired) electrons. The molecule has 80 valence electrons. The maximum atomic E-state index is 3.52. The molecule has 1 nitrogen and oxygen atoms in total. The number of thioether (sulfide) groups is 1. The fraction of sp³-hybridized carbons (Fsp3) is 1.00. The van der Waals surface area contributed by atoms with Crippen molar-refractivity contribution in [3.8, 4) is 0 Å². The highest BCUT2D eigenvalue weighted by Crippen LogP contribution is 2.08. The molecule has 2 unspecified atom stereocenters. The van der Waals surface area contributed by atoms with Gasteiger partial charge in [0.1, 0.15) is 0 Å². The largest absolute Gasteiger partial charge is 0.316 e. The van der Waals surface area contributed by atoms with Crippen molar-refractivity contribution in [2.24, 2.45) is 5.92 Å². The van der Waals surface area contributed by atoms with E-state index in [0.29, 0.717) is 0 Å². The van der Waals surface area contributed by atoms with Crippen LogP contribution in [0.1, 0.15) is 40.0 Å². The monoisotopic (exact) mass is 203 g/mol. The Kier molecular flexibility index (Phi) is 9.10. The highest BCUT2D eigenvalue weighted by atomic mass is 32.2. The van der Waals surface area contributed by atoms with Crippen LogP contribution < -0.4 is 5.32 Å². The molecular formula is C11H25NS. The Labute approximate surface area is 88.1 Å². The van der Waals surface area contributed by atoms with E-state index in [9.17, 15) is 0 Å². The van der Waals surface area contributed by atoms with Gasteiger partial charge in [-0.25, -0.2) is 0 Å². The van der Waals surface area contributed by atoms with Crippen molar-refractivity contribution in [1.82, 2.24) is 5.32 Å². The van der Waals surface area contributed by atoms with Crippen LogP contribution in [0.4, 0.5) is 0 Å². The van der Waals surface area contributed by atoms with E-state index in [-0.39, 0.29) is 0 Å². The van der Waals surface area contributed by atoms with Gasteiger partial charge in [0, 0.05) is 5.25 Å². The average molecular weight is 203 g/mol. The van der Waals surface area contributed by atoms with Crippen LogP contribution in [0.15, 0.2) is 0 Å². The minimum atomic E-state index is 0.800. The third-order valence-electron chi connectivity index (χ3n) is 2.40. The molecule has 2 atom stereocenters. The predicted molar refractivity (Wildman–Crippen MR) is 64.5 cm³/mol. The molecule has 0 amide bonds. The zero-order valence-electron chi connectivity index (χ0n) is 9.60. The molecule has 1 N–H and O–H groups in total. The molecule has 0 saturated carbocycles. The van der Waals surface area contributed by atoms with E-state index in [0.717, 1.165) is 11.2 Å². The van der Waals surface area contributed by atoms with E-state index in [1.807, 2.05) is 11.8 Å². The first kappa shape index (κ1) is 13.3. The maximum Gasteiger partial charge on any atom is 0.00280 e. The van der Waals surface area contributed by atoms with Crippen molar-refractivity contribution < 1.29 is 0 Å². The lowest BCUT2D eigenvalue weighted by atomic mass is 10.1. The summed E-state index contributed by atoms with van der Waals surface area (Å²) in [7, 11) is 0. The lowest BCUT2D eigenvalue weighted by Crippen LogP contribution is -2.23. The molecule has 0 aliphatic rings. The summed E-state index contributed by atoms with van der Waals surface area (Å²) in [6.45, 7) is 9.24. The first-order valence-corrected chi connectivity index (χ1v) is 6.73. The van der Waals surface area contributed by atoms with Crippen molar-refractivity contribution in [1.29, 1.82) is 0 Å². The van der Waals surface area contributed by atoms with Crippen LogP contribution in [-0.2, 0) is 0 Å². The quantitative estimate of drug-likeness (QED) is 0.608. The molecule has 0 rings (SSSR count). The second-order valence-corrected chi connectivity index (χ2v) is 5.21. The van der Waals surface area contributed by atoms with E-state index in [1.165, 1.54) is 32.4 Å². The number of nitrogens with one attached hydrogen (secondary N) is 1. The maximum absolute atomic E-state index is 3.52. The zero-order valence-corrected chi connectivity index (χ0v) is 10.4. The van der Waals surface area contributed by atoms with Crippen molar-refractivity contribution in [3.63, 3.8) is 0 Å². The molecule has 0 bridgehead atoms. The van der Waals surface area contributed by atoms with Gasteiger partial charge in [-0.2, -0.15) is 11.8 Å². The molecule has 0 saturated heterocycles. The molecule has 13 heavy (non-hydrogen) atoms. The van der Waals surface area contributed by atoms with E-state index in [4.69, 9.17) is 0 Å². The average Bonchev–Trinajstić information content (AvgIpc) is 2.12. The zero-order chi connectivity index (χ0) is 10.1. The Morgan fingerprint density at radius 2 is 1.92 bits per heavy atom. The summed E-state index contributed by atoms with van der Waals surface area (Å²) in [6, 6.07) is 0. The Morgan fingerprint density at radius 1 is 1.23 bits per heavy atom. The molecule has 0 aliphatic carbocycles. The summed E-state index contributed by atoms with van der Waals surface area (Å²) in [5.41, 5.74) is 0. The minimum Gasteiger partial charge on any atom is -0.316 e. The van der Waals surface area contributed by atoms with E-state index in [1.54, 1.807) is 0 Å².